The summed E-state index contributed by atoms with van der Waals surface area (Å²) in [5, 5.41) is 4.38. The zero-order valence-electron chi connectivity index (χ0n) is 10.1. The first-order valence-corrected chi connectivity index (χ1v) is 6.86. The van der Waals surface area contributed by atoms with Crippen molar-refractivity contribution in [3.05, 3.63) is 63.4 Å². The molecule has 3 rings (SSSR count). The van der Waals surface area contributed by atoms with Crippen LogP contribution in [0.1, 0.15) is 11.1 Å². The van der Waals surface area contributed by atoms with Crippen molar-refractivity contribution in [2.24, 2.45) is 0 Å². The lowest BCUT2D eigenvalue weighted by Gasteiger charge is -2.14. The molecule has 0 bridgehead atoms. The second kappa shape index (κ2) is 5.03. The van der Waals surface area contributed by atoms with E-state index in [9.17, 15) is 4.39 Å². The molecule has 0 aromatic heterocycles. The molecular weight excluding hydrogens is 284 g/mol. The molecule has 0 heterocycles. The van der Waals surface area contributed by atoms with Gasteiger partial charge in [0.05, 0.1) is 5.69 Å². The van der Waals surface area contributed by atoms with Crippen LogP contribution in [0.4, 0.5) is 10.1 Å². The molecule has 98 valence electrons. The number of anilines is 1. The van der Waals surface area contributed by atoms with E-state index in [0.29, 0.717) is 10.7 Å². The predicted molar refractivity (Wildman–Crippen MR) is 77.7 cm³/mol. The van der Waals surface area contributed by atoms with Gasteiger partial charge in [-0.15, -0.1) is 0 Å². The van der Waals surface area contributed by atoms with Crippen LogP contribution < -0.4 is 5.32 Å². The Kier molecular flexibility index (Phi) is 3.38. The summed E-state index contributed by atoms with van der Waals surface area (Å²) in [6, 6.07) is 10.8. The Morgan fingerprint density at radius 2 is 1.63 bits per heavy atom. The maximum Gasteiger partial charge on any atom is 0.147 e. The highest BCUT2D eigenvalue weighted by atomic mass is 35.5. The van der Waals surface area contributed by atoms with Crippen molar-refractivity contribution in [3.8, 4) is 0 Å². The van der Waals surface area contributed by atoms with E-state index < -0.39 is 0 Å². The van der Waals surface area contributed by atoms with Gasteiger partial charge in [-0.25, -0.2) is 4.39 Å². The van der Waals surface area contributed by atoms with Crippen LogP contribution in [0.2, 0.25) is 10.0 Å². The molecule has 1 atom stereocenters. The number of nitrogens with one attached hydrogen (secondary N) is 1. The standard InChI is InChI=1S/C15H12Cl2FN/c16-11-2-1-9-6-13(7-10(9)5-11)19-15-4-3-12(17)8-14(15)18/h1-5,8,13,19H,6-7H2. The van der Waals surface area contributed by atoms with Gasteiger partial charge in [0.15, 0.2) is 0 Å². The largest absolute Gasteiger partial charge is 0.379 e. The zero-order chi connectivity index (χ0) is 13.4. The number of fused-ring (bicyclic) bond motifs is 1. The molecule has 0 saturated carbocycles. The van der Waals surface area contributed by atoms with Gasteiger partial charge in [-0.2, -0.15) is 0 Å². The maximum absolute atomic E-state index is 13.7. The number of hydrogen-bond donors (Lipinski definition) is 1. The van der Waals surface area contributed by atoms with Crippen molar-refractivity contribution in [2.45, 2.75) is 18.9 Å². The molecule has 0 spiro atoms. The summed E-state index contributed by atoms with van der Waals surface area (Å²) in [5.74, 6) is -0.318. The maximum atomic E-state index is 13.7. The summed E-state index contributed by atoms with van der Waals surface area (Å²) in [6.45, 7) is 0. The minimum absolute atomic E-state index is 0.198. The fourth-order valence-electron chi connectivity index (χ4n) is 2.52. The molecule has 1 aliphatic carbocycles. The van der Waals surface area contributed by atoms with E-state index in [4.69, 9.17) is 23.2 Å². The number of rotatable bonds is 2. The van der Waals surface area contributed by atoms with E-state index in [1.165, 1.54) is 17.2 Å². The smallest absolute Gasteiger partial charge is 0.147 e. The minimum Gasteiger partial charge on any atom is -0.379 e. The van der Waals surface area contributed by atoms with E-state index in [1.54, 1.807) is 12.1 Å². The first-order valence-electron chi connectivity index (χ1n) is 6.11. The van der Waals surface area contributed by atoms with Crippen molar-refractivity contribution in [2.75, 3.05) is 5.32 Å². The van der Waals surface area contributed by atoms with Crippen LogP contribution >= 0.6 is 23.2 Å². The van der Waals surface area contributed by atoms with Crippen LogP contribution in [-0.2, 0) is 12.8 Å². The van der Waals surface area contributed by atoms with Crippen LogP contribution in [0.5, 0.6) is 0 Å². The molecule has 19 heavy (non-hydrogen) atoms. The van der Waals surface area contributed by atoms with Crippen molar-refractivity contribution < 1.29 is 4.39 Å². The summed E-state index contributed by atoms with van der Waals surface area (Å²) in [5.41, 5.74) is 3.00. The van der Waals surface area contributed by atoms with Gasteiger partial charge in [-0.3, -0.25) is 0 Å². The SMILES string of the molecule is Fc1cc(Cl)ccc1NC1Cc2ccc(Cl)cc2C1. The molecule has 0 radical (unpaired) electrons. The van der Waals surface area contributed by atoms with Gasteiger partial charge < -0.3 is 5.32 Å². The Morgan fingerprint density at radius 1 is 0.947 bits per heavy atom. The Hall–Kier alpha value is -1.25. The van der Waals surface area contributed by atoms with E-state index >= 15 is 0 Å². The lowest BCUT2D eigenvalue weighted by Crippen LogP contribution is -2.20. The fraction of sp³-hybridized carbons (Fsp3) is 0.200. The third-order valence-corrected chi connectivity index (χ3v) is 3.86. The highest BCUT2D eigenvalue weighted by Gasteiger charge is 2.22. The molecule has 1 aliphatic rings. The molecule has 2 aromatic carbocycles. The van der Waals surface area contributed by atoms with Crippen LogP contribution in [0.15, 0.2) is 36.4 Å². The van der Waals surface area contributed by atoms with Crippen LogP contribution in [0.25, 0.3) is 0 Å². The molecule has 1 nitrogen and oxygen atoms in total. The third-order valence-electron chi connectivity index (χ3n) is 3.39. The number of benzene rings is 2. The normalized spacial score (nSPS) is 17.3. The molecular formula is C15H12Cl2FN. The van der Waals surface area contributed by atoms with Gasteiger partial charge in [0.2, 0.25) is 0 Å². The average molecular weight is 296 g/mol. The van der Waals surface area contributed by atoms with Crippen LogP contribution in [0, 0.1) is 5.82 Å². The zero-order valence-corrected chi connectivity index (χ0v) is 11.6. The summed E-state index contributed by atoms with van der Waals surface area (Å²) < 4.78 is 13.7. The van der Waals surface area contributed by atoms with Gasteiger partial charge in [0.25, 0.3) is 0 Å². The molecule has 0 saturated heterocycles. The predicted octanol–water partition coefficient (Wildman–Crippen LogP) is 4.71. The summed E-state index contributed by atoms with van der Waals surface area (Å²) in [7, 11) is 0. The molecule has 1 N–H and O–H groups in total. The molecule has 1 unspecified atom stereocenters. The van der Waals surface area contributed by atoms with Gasteiger partial charge in [-0.1, -0.05) is 29.3 Å². The average Bonchev–Trinajstić information content (AvgIpc) is 2.74. The topological polar surface area (TPSA) is 12.0 Å². The molecule has 0 aliphatic heterocycles. The van der Waals surface area contributed by atoms with Crippen LogP contribution in [0.3, 0.4) is 0 Å². The minimum atomic E-state index is -0.318. The van der Waals surface area contributed by atoms with Crippen LogP contribution in [-0.4, -0.2) is 6.04 Å². The number of halogens is 3. The fourth-order valence-corrected chi connectivity index (χ4v) is 2.87. The second-order valence-corrected chi connectivity index (χ2v) is 5.66. The Bertz CT molecular complexity index is 628. The highest BCUT2D eigenvalue weighted by Crippen LogP contribution is 2.28. The van der Waals surface area contributed by atoms with Crippen molar-refractivity contribution in [1.29, 1.82) is 0 Å². The Labute approximate surface area is 121 Å². The molecule has 2 aromatic rings. The van der Waals surface area contributed by atoms with Gasteiger partial charge >= 0.3 is 0 Å². The first-order chi connectivity index (χ1) is 9.11. The lowest BCUT2D eigenvalue weighted by molar-refractivity contribution is 0.625. The second-order valence-electron chi connectivity index (χ2n) is 4.79. The summed E-state index contributed by atoms with van der Waals surface area (Å²) in [6.07, 6.45) is 1.74. The number of hydrogen-bond acceptors (Lipinski definition) is 1. The monoisotopic (exact) mass is 295 g/mol. The lowest BCUT2D eigenvalue weighted by atomic mass is 10.1. The molecule has 4 heteroatoms. The first kappa shape index (κ1) is 12.8. The Morgan fingerprint density at radius 3 is 2.42 bits per heavy atom. The molecule has 0 amide bonds. The summed E-state index contributed by atoms with van der Waals surface area (Å²) >= 11 is 11.7. The van der Waals surface area contributed by atoms with E-state index in [2.05, 4.69) is 5.32 Å². The van der Waals surface area contributed by atoms with Gasteiger partial charge in [0, 0.05) is 16.1 Å². The van der Waals surface area contributed by atoms with Gasteiger partial charge in [0.1, 0.15) is 5.82 Å². The highest BCUT2D eigenvalue weighted by molar-refractivity contribution is 6.30. The van der Waals surface area contributed by atoms with Crippen molar-refractivity contribution in [1.82, 2.24) is 0 Å². The quantitative estimate of drug-likeness (QED) is 0.846. The van der Waals surface area contributed by atoms with Gasteiger partial charge in [-0.05, 0) is 54.3 Å². The summed E-state index contributed by atoms with van der Waals surface area (Å²) in [4.78, 5) is 0. The van der Waals surface area contributed by atoms with Crippen molar-refractivity contribution >= 4 is 28.9 Å². The Balaban J connectivity index is 1.77. The third kappa shape index (κ3) is 2.70. The molecule has 0 fully saturated rings. The van der Waals surface area contributed by atoms with Crippen molar-refractivity contribution in [3.63, 3.8) is 0 Å². The van der Waals surface area contributed by atoms with E-state index in [1.807, 2.05) is 18.2 Å². The van der Waals surface area contributed by atoms with E-state index in [-0.39, 0.29) is 11.9 Å². The van der Waals surface area contributed by atoms with E-state index in [0.717, 1.165) is 17.9 Å².